The largest absolute Gasteiger partial charge is 0.502 e. The molecular weight excluding hydrogens is 544 g/mol. The third-order valence-electron chi connectivity index (χ3n) is 7.60. The highest BCUT2D eigenvalue weighted by molar-refractivity contribution is 5.63. The average molecular weight is 571 g/mol. The molecule has 2 heterocycles. The molecule has 0 radical (unpaired) electrons. The van der Waals surface area contributed by atoms with Gasteiger partial charge in [-0.15, -0.1) is 0 Å². The van der Waals surface area contributed by atoms with E-state index in [0.29, 0.717) is 28.8 Å². The van der Waals surface area contributed by atoms with Crippen molar-refractivity contribution in [2.75, 3.05) is 0 Å². The van der Waals surface area contributed by atoms with Gasteiger partial charge in [-0.05, 0) is 38.1 Å². The van der Waals surface area contributed by atoms with E-state index in [9.17, 15) is 34.9 Å². The van der Waals surface area contributed by atoms with Crippen LogP contribution in [0, 0.1) is 34.1 Å². The molecule has 0 spiro atoms. The summed E-state index contributed by atoms with van der Waals surface area (Å²) in [6.07, 6.45) is 0. The van der Waals surface area contributed by atoms with Crippen molar-refractivity contribution in [1.82, 2.24) is 18.7 Å². The molecular formula is C29H26N6O7. The summed E-state index contributed by atoms with van der Waals surface area (Å²) in [5.41, 5.74) is -1.18. The first-order valence-corrected chi connectivity index (χ1v) is 12.8. The molecule has 13 nitrogen and oxygen atoms in total. The van der Waals surface area contributed by atoms with Crippen molar-refractivity contribution in [3.05, 3.63) is 142 Å². The van der Waals surface area contributed by atoms with Crippen LogP contribution in [-0.4, -0.2) is 33.7 Å². The number of aromatic nitrogens is 4. The van der Waals surface area contributed by atoms with Gasteiger partial charge in [-0.1, -0.05) is 36.4 Å². The van der Waals surface area contributed by atoms with Crippen molar-refractivity contribution < 1.29 is 15.0 Å². The van der Waals surface area contributed by atoms with Crippen LogP contribution in [0.15, 0.2) is 82.4 Å². The topological polar surface area (TPSA) is 160 Å². The fourth-order valence-electron chi connectivity index (χ4n) is 5.39. The zero-order chi connectivity index (χ0) is 30.5. The maximum absolute atomic E-state index is 14.2. The van der Waals surface area contributed by atoms with Crippen molar-refractivity contribution in [2.24, 2.45) is 14.1 Å². The Labute approximate surface area is 238 Å². The van der Waals surface area contributed by atoms with Gasteiger partial charge < -0.3 is 5.11 Å². The number of rotatable bonds is 7. The number of nitro benzene ring substituents is 2. The second-order valence-corrected chi connectivity index (χ2v) is 9.80. The summed E-state index contributed by atoms with van der Waals surface area (Å²) in [4.78, 5) is 50.4. The molecule has 1 N–H and O–H groups in total. The van der Waals surface area contributed by atoms with E-state index in [1.54, 1.807) is 98.0 Å². The molecule has 0 fully saturated rings. The molecule has 3 aromatic carbocycles. The first kappa shape index (κ1) is 27.8. The van der Waals surface area contributed by atoms with Gasteiger partial charge >= 0.3 is 5.69 Å². The number of phenolic OH excluding ortho intramolecular Hbond substituents is 1. The Hall–Kier alpha value is -5.72. The van der Waals surface area contributed by atoms with Gasteiger partial charge in [0.05, 0.1) is 44.3 Å². The van der Waals surface area contributed by atoms with Crippen molar-refractivity contribution in [3.8, 4) is 17.1 Å². The van der Waals surface area contributed by atoms with Crippen LogP contribution in [0.25, 0.3) is 11.4 Å². The Bertz CT molecular complexity index is 1880. The normalized spacial score (nSPS) is 11.3. The van der Waals surface area contributed by atoms with E-state index in [2.05, 4.69) is 0 Å². The molecule has 0 aliphatic heterocycles. The van der Waals surface area contributed by atoms with Crippen LogP contribution in [0.5, 0.6) is 5.75 Å². The lowest BCUT2D eigenvalue weighted by molar-refractivity contribution is -0.394. The molecule has 5 aromatic rings. The number of hydrogen-bond donors (Lipinski definition) is 1. The van der Waals surface area contributed by atoms with Gasteiger partial charge in [0.1, 0.15) is 0 Å². The van der Waals surface area contributed by atoms with Gasteiger partial charge in [0.25, 0.3) is 16.8 Å². The zero-order valence-electron chi connectivity index (χ0n) is 23.1. The number of benzene rings is 3. The second-order valence-electron chi connectivity index (χ2n) is 9.80. The predicted molar refractivity (Wildman–Crippen MR) is 154 cm³/mol. The number of hydrogen-bond acceptors (Lipinski definition) is 7. The highest BCUT2D eigenvalue weighted by atomic mass is 16.6. The summed E-state index contributed by atoms with van der Waals surface area (Å²) in [6.45, 7) is 3.28. The van der Waals surface area contributed by atoms with Gasteiger partial charge in [0.15, 0.2) is 5.75 Å². The summed E-state index contributed by atoms with van der Waals surface area (Å²) in [5, 5.41) is 34.9. The third kappa shape index (κ3) is 4.27. The highest BCUT2D eigenvalue weighted by Crippen LogP contribution is 2.43. The summed E-state index contributed by atoms with van der Waals surface area (Å²) >= 11 is 0. The van der Waals surface area contributed by atoms with Crippen LogP contribution in [0.1, 0.15) is 34.0 Å². The number of para-hydroxylation sites is 2. The molecule has 13 heteroatoms. The van der Waals surface area contributed by atoms with E-state index in [0.717, 1.165) is 6.07 Å². The number of aromatic hydroxyl groups is 1. The maximum Gasteiger partial charge on any atom is 0.317 e. The summed E-state index contributed by atoms with van der Waals surface area (Å²) in [6, 6.07) is 19.0. The minimum Gasteiger partial charge on any atom is -0.502 e. The number of phenols is 1. The van der Waals surface area contributed by atoms with Crippen LogP contribution >= 0.6 is 0 Å². The molecule has 2 aromatic heterocycles. The van der Waals surface area contributed by atoms with Crippen molar-refractivity contribution in [1.29, 1.82) is 0 Å². The van der Waals surface area contributed by atoms with Crippen LogP contribution in [0.3, 0.4) is 0 Å². The molecule has 0 saturated heterocycles. The van der Waals surface area contributed by atoms with E-state index < -0.39 is 44.0 Å². The molecule has 0 unspecified atom stereocenters. The standard InChI is InChI=1S/C29H26N6O7/c1-17-24(28(37)32(30(17)3)19-11-7-5-8-12-19)26(22-15-21(34(39)40)16-23(27(22)36)35(41)42)25-18(2)31(4)33(29(25)38)20-13-9-6-10-14-20/h5-16,26,36H,1-4H3. The molecule has 0 aliphatic rings. The first-order valence-electron chi connectivity index (χ1n) is 12.8. The molecule has 0 amide bonds. The molecule has 0 saturated carbocycles. The Morgan fingerprint density at radius 1 is 0.714 bits per heavy atom. The summed E-state index contributed by atoms with van der Waals surface area (Å²) in [7, 11) is 3.28. The fraction of sp³-hybridized carbons (Fsp3) is 0.172. The van der Waals surface area contributed by atoms with Crippen molar-refractivity contribution >= 4 is 11.4 Å². The molecule has 5 rings (SSSR count). The van der Waals surface area contributed by atoms with Crippen molar-refractivity contribution in [2.45, 2.75) is 19.8 Å². The molecule has 0 bridgehead atoms. The smallest absolute Gasteiger partial charge is 0.317 e. The zero-order valence-corrected chi connectivity index (χ0v) is 23.1. The van der Waals surface area contributed by atoms with E-state index in [4.69, 9.17) is 0 Å². The van der Waals surface area contributed by atoms with Crippen LogP contribution in [0.4, 0.5) is 11.4 Å². The van der Waals surface area contributed by atoms with E-state index in [-0.39, 0.29) is 16.7 Å². The van der Waals surface area contributed by atoms with Crippen LogP contribution in [0.2, 0.25) is 0 Å². The predicted octanol–water partition coefficient (Wildman–Crippen LogP) is 3.98. The van der Waals surface area contributed by atoms with Crippen LogP contribution < -0.4 is 11.1 Å². The SMILES string of the molecule is Cc1c(C(c2cc([N+](=O)[O-])cc([N+](=O)[O-])c2O)c2c(C)n(C)n(-c3ccccc3)c2=O)c(=O)n(-c2ccccc2)n1C. The maximum atomic E-state index is 14.2. The monoisotopic (exact) mass is 570 g/mol. The summed E-state index contributed by atoms with van der Waals surface area (Å²) in [5.74, 6) is -2.28. The minimum atomic E-state index is -1.41. The van der Waals surface area contributed by atoms with Gasteiger partial charge in [-0.2, -0.15) is 0 Å². The highest BCUT2D eigenvalue weighted by Gasteiger charge is 2.37. The summed E-state index contributed by atoms with van der Waals surface area (Å²) < 4.78 is 5.87. The Morgan fingerprint density at radius 2 is 1.14 bits per heavy atom. The first-order chi connectivity index (χ1) is 20.0. The fourth-order valence-corrected chi connectivity index (χ4v) is 5.39. The van der Waals surface area contributed by atoms with Gasteiger partial charge in [-0.3, -0.25) is 39.2 Å². The molecule has 0 aliphatic carbocycles. The second kappa shape index (κ2) is 10.4. The van der Waals surface area contributed by atoms with Crippen LogP contribution in [-0.2, 0) is 14.1 Å². The van der Waals surface area contributed by atoms with Crippen molar-refractivity contribution in [3.63, 3.8) is 0 Å². The quantitative estimate of drug-likeness (QED) is 0.229. The Morgan fingerprint density at radius 3 is 1.52 bits per heavy atom. The van der Waals surface area contributed by atoms with Gasteiger partial charge in [0, 0.05) is 37.1 Å². The van der Waals surface area contributed by atoms with E-state index in [1.165, 1.54) is 9.36 Å². The Kier molecular flexibility index (Phi) is 6.86. The molecule has 42 heavy (non-hydrogen) atoms. The molecule has 0 atom stereocenters. The lowest BCUT2D eigenvalue weighted by Crippen LogP contribution is -2.26. The third-order valence-corrected chi connectivity index (χ3v) is 7.60. The Balaban J connectivity index is 1.95. The number of nitro groups is 2. The number of non-ortho nitro benzene ring substituents is 1. The average Bonchev–Trinajstić information content (AvgIpc) is 3.32. The van der Waals surface area contributed by atoms with E-state index in [1.807, 2.05) is 0 Å². The lowest BCUT2D eigenvalue weighted by atomic mass is 9.84. The lowest BCUT2D eigenvalue weighted by Gasteiger charge is -2.17. The molecule has 214 valence electrons. The van der Waals surface area contributed by atoms with Gasteiger partial charge in [-0.25, -0.2) is 9.36 Å². The van der Waals surface area contributed by atoms with Gasteiger partial charge in [0.2, 0.25) is 0 Å². The minimum absolute atomic E-state index is 0.0254. The van der Waals surface area contributed by atoms with E-state index >= 15 is 0 Å². The number of nitrogens with zero attached hydrogens (tertiary/aromatic N) is 6.